The van der Waals surface area contributed by atoms with Crippen molar-refractivity contribution in [2.24, 2.45) is 5.92 Å². The molecule has 1 fully saturated rings. The van der Waals surface area contributed by atoms with Crippen LogP contribution in [0.3, 0.4) is 0 Å². The third-order valence-corrected chi connectivity index (χ3v) is 8.06. The third kappa shape index (κ3) is 10.4. The van der Waals surface area contributed by atoms with Gasteiger partial charge in [-0.3, -0.25) is 0 Å². The Morgan fingerprint density at radius 1 is 0.886 bits per heavy atom. The molecule has 0 aromatic heterocycles. The Morgan fingerprint density at radius 2 is 1.64 bits per heavy atom. The molecule has 2 unspecified atom stereocenters. The molecule has 0 bridgehead atoms. The number of ether oxygens (including phenoxy) is 7. The molecular weight excluding hydrogens is 564 g/mol. The average molecular weight is 617 g/mol. The molecule has 2 aromatic carbocycles. The summed E-state index contributed by atoms with van der Waals surface area (Å²) in [7, 11) is 5.03. The topological polar surface area (TPSA) is 100 Å². The fourth-order valence-electron chi connectivity index (χ4n) is 5.88. The Labute approximate surface area is 262 Å². The zero-order valence-electron chi connectivity index (χ0n) is 26.9. The summed E-state index contributed by atoms with van der Waals surface area (Å²) in [6, 6.07) is 14.9. The summed E-state index contributed by atoms with van der Waals surface area (Å²) >= 11 is 0. The van der Waals surface area contributed by atoms with Gasteiger partial charge in [-0.2, -0.15) is 0 Å². The number of anilines is 1. The maximum atomic E-state index is 10.3. The molecule has 0 aliphatic carbocycles. The lowest BCUT2D eigenvalue weighted by Gasteiger charge is -2.39. The first-order chi connectivity index (χ1) is 21.5. The molecule has 246 valence electrons. The highest BCUT2D eigenvalue weighted by Gasteiger charge is 2.36. The maximum Gasteiger partial charge on any atom is 0.142 e. The number of rotatable bonds is 19. The van der Waals surface area contributed by atoms with Crippen LogP contribution in [0.4, 0.5) is 5.69 Å². The number of nitrogens with one attached hydrogen (secondary N) is 1. The van der Waals surface area contributed by atoms with Crippen molar-refractivity contribution in [2.75, 3.05) is 92.0 Å². The second-order valence-corrected chi connectivity index (χ2v) is 11.8. The van der Waals surface area contributed by atoms with Crippen LogP contribution in [0.2, 0.25) is 0 Å². The van der Waals surface area contributed by atoms with Gasteiger partial charge in [-0.15, -0.1) is 0 Å². The smallest absolute Gasteiger partial charge is 0.142 e. The normalized spacial score (nSPS) is 21.5. The zero-order chi connectivity index (χ0) is 31.1. The molecule has 2 aliphatic heterocycles. The van der Waals surface area contributed by atoms with Crippen molar-refractivity contribution >= 4 is 5.69 Å². The summed E-state index contributed by atoms with van der Waals surface area (Å²) in [5.74, 6) is 1.24. The number of fused-ring (bicyclic) bond motifs is 1. The number of methoxy groups -OCH3 is 3. The van der Waals surface area contributed by atoms with Crippen molar-refractivity contribution in [1.29, 1.82) is 0 Å². The largest absolute Gasteiger partial charge is 0.490 e. The Bertz CT molecular complexity index is 1090. The van der Waals surface area contributed by atoms with E-state index in [-0.39, 0.29) is 31.3 Å². The summed E-state index contributed by atoms with van der Waals surface area (Å²) < 4.78 is 40.4. The van der Waals surface area contributed by atoms with E-state index in [0.29, 0.717) is 52.0 Å². The predicted molar refractivity (Wildman–Crippen MR) is 170 cm³/mol. The number of hydrogen-bond acceptors (Lipinski definition) is 10. The fraction of sp³-hybridized carbons (Fsp3) is 0.647. The highest BCUT2D eigenvalue weighted by atomic mass is 16.5. The number of aliphatic hydroxyl groups excluding tert-OH is 1. The molecule has 2 N–H and O–H groups in total. The minimum absolute atomic E-state index is 0.0193. The fourth-order valence-corrected chi connectivity index (χ4v) is 5.88. The maximum absolute atomic E-state index is 10.3. The van der Waals surface area contributed by atoms with Gasteiger partial charge in [0.2, 0.25) is 0 Å². The first kappa shape index (κ1) is 34.6. The molecule has 44 heavy (non-hydrogen) atoms. The quantitative estimate of drug-likeness (QED) is 0.229. The lowest BCUT2D eigenvalue weighted by molar-refractivity contribution is -0.0856. The number of hydrogen-bond donors (Lipinski definition) is 2. The zero-order valence-corrected chi connectivity index (χ0v) is 26.9. The molecule has 0 saturated carbocycles. The van der Waals surface area contributed by atoms with E-state index in [9.17, 15) is 5.11 Å². The highest BCUT2D eigenvalue weighted by molar-refractivity contribution is 5.61. The monoisotopic (exact) mass is 616 g/mol. The second-order valence-electron chi connectivity index (χ2n) is 11.8. The van der Waals surface area contributed by atoms with Crippen molar-refractivity contribution < 1.29 is 38.3 Å². The molecular formula is C34H52N2O8. The minimum atomic E-state index is -0.688. The Morgan fingerprint density at radius 3 is 2.39 bits per heavy atom. The van der Waals surface area contributed by atoms with E-state index in [1.807, 2.05) is 6.07 Å². The van der Waals surface area contributed by atoms with E-state index >= 15 is 0 Å². The van der Waals surface area contributed by atoms with Gasteiger partial charge < -0.3 is 48.5 Å². The summed E-state index contributed by atoms with van der Waals surface area (Å²) in [6.45, 7) is 9.45. The number of nitrogens with zero attached hydrogens (tertiary/aromatic N) is 1. The average Bonchev–Trinajstić information content (AvgIpc) is 3.03. The number of aliphatic hydroxyl groups is 1. The van der Waals surface area contributed by atoms with Gasteiger partial charge in [0, 0.05) is 59.4 Å². The van der Waals surface area contributed by atoms with Crippen LogP contribution in [0, 0.1) is 5.92 Å². The summed E-state index contributed by atoms with van der Waals surface area (Å²) in [6.07, 6.45) is -0.0305. The van der Waals surface area contributed by atoms with Crippen LogP contribution in [0.5, 0.6) is 5.75 Å². The van der Waals surface area contributed by atoms with Gasteiger partial charge in [-0.1, -0.05) is 37.3 Å². The SMILES string of the molecule is COCCCN1CCOc2ccc(CO[C@H]3CNC[C@@H](OCC(O)COC)[C@@H]3c3ccc(COCC(C)COC)cc3)cc21. The van der Waals surface area contributed by atoms with E-state index in [2.05, 4.69) is 53.5 Å². The van der Waals surface area contributed by atoms with Crippen LogP contribution >= 0.6 is 0 Å². The summed E-state index contributed by atoms with van der Waals surface area (Å²) in [5.41, 5.74) is 4.46. The molecule has 0 spiro atoms. The highest BCUT2D eigenvalue weighted by Crippen LogP contribution is 2.34. The standard InChI is InChI=1S/C34H52N2O8/c1-25(19-39-3)20-41-21-26-6-9-28(10-7-26)34-32(17-35-18-33(34)44-24-29(37)23-40-4)43-22-27-8-11-31-30(16-27)36(13-15-42-31)12-5-14-38-2/h6-11,16,25,29,32-35,37H,5,12-15,17-24H2,1-4H3/t25?,29?,32-,33+,34+/m0/s1. The summed E-state index contributed by atoms with van der Waals surface area (Å²) in [5, 5.41) is 13.8. The van der Waals surface area contributed by atoms with E-state index in [1.165, 1.54) is 0 Å². The van der Waals surface area contributed by atoms with Crippen LogP contribution < -0.4 is 15.0 Å². The first-order valence-corrected chi connectivity index (χ1v) is 15.8. The molecule has 10 heteroatoms. The van der Waals surface area contributed by atoms with Gasteiger partial charge in [-0.25, -0.2) is 0 Å². The first-order valence-electron chi connectivity index (χ1n) is 15.8. The van der Waals surface area contributed by atoms with Crippen LogP contribution in [-0.2, 0) is 41.6 Å². The molecule has 2 aliphatic rings. The van der Waals surface area contributed by atoms with Gasteiger partial charge in [0.25, 0.3) is 0 Å². The third-order valence-electron chi connectivity index (χ3n) is 8.06. The van der Waals surface area contributed by atoms with Crippen molar-refractivity contribution in [3.8, 4) is 5.75 Å². The van der Waals surface area contributed by atoms with E-state index in [0.717, 1.165) is 54.2 Å². The second kappa shape index (κ2) is 18.6. The van der Waals surface area contributed by atoms with Gasteiger partial charge in [-0.05, 0) is 35.2 Å². The Balaban J connectivity index is 1.45. The van der Waals surface area contributed by atoms with Crippen molar-refractivity contribution in [2.45, 2.75) is 50.8 Å². The predicted octanol–water partition coefficient (Wildman–Crippen LogP) is 3.39. The van der Waals surface area contributed by atoms with Crippen molar-refractivity contribution in [3.05, 3.63) is 59.2 Å². The van der Waals surface area contributed by atoms with Gasteiger partial charge in [0.1, 0.15) is 18.5 Å². The molecule has 10 nitrogen and oxygen atoms in total. The number of benzene rings is 2. The summed E-state index contributed by atoms with van der Waals surface area (Å²) in [4.78, 5) is 2.37. The van der Waals surface area contributed by atoms with Crippen molar-refractivity contribution in [3.63, 3.8) is 0 Å². The van der Waals surface area contributed by atoms with Gasteiger partial charge in [0.05, 0.1) is 64.1 Å². The van der Waals surface area contributed by atoms with Crippen LogP contribution in [0.1, 0.15) is 36.0 Å². The van der Waals surface area contributed by atoms with Crippen LogP contribution in [0.15, 0.2) is 42.5 Å². The van der Waals surface area contributed by atoms with Crippen molar-refractivity contribution in [1.82, 2.24) is 5.32 Å². The lowest BCUT2D eigenvalue weighted by Crippen LogP contribution is -2.51. The number of piperidine rings is 1. The van der Waals surface area contributed by atoms with E-state index < -0.39 is 6.10 Å². The van der Waals surface area contributed by atoms with Gasteiger partial charge >= 0.3 is 0 Å². The molecule has 0 radical (unpaired) electrons. The molecule has 2 aromatic rings. The Kier molecular flexibility index (Phi) is 14.6. The molecule has 2 heterocycles. The molecule has 1 saturated heterocycles. The molecule has 4 rings (SSSR count). The van der Waals surface area contributed by atoms with E-state index in [1.54, 1.807) is 21.3 Å². The molecule has 5 atom stereocenters. The molecule has 0 amide bonds. The lowest BCUT2D eigenvalue weighted by atomic mass is 9.85. The Hall–Kier alpha value is -2.28. The van der Waals surface area contributed by atoms with Crippen LogP contribution in [-0.4, -0.2) is 111 Å². The van der Waals surface area contributed by atoms with Gasteiger partial charge in [0.15, 0.2) is 0 Å². The minimum Gasteiger partial charge on any atom is -0.490 e. The van der Waals surface area contributed by atoms with E-state index in [4.69, 9.17) is 33.2 Å². The van der Waals surface area contributed by atoms with Crippen LogP contribution in [0.25, 0.3) is 0 Å².